The summed E-state index contributed by atoms with van der Waals surface area (Å²) >= 11 is 0. The lowest BCUT2D eigenvalue weighted by molar-refractivity contribution is 0.0117. The Morgan fingerprint density at radius 2 is 1.88 bits per heavy atom. The van der Waals surface area contributed by atoms with Crippen LogP contribution in [0.4, 0.5) is 0 Å². The van der Waals surface area contributed by atoms with E-state index in [1.165, 1.54) is 24.3 Å². The molecule has 2 saturated heterocycles. The van der Waals surface area contributed by atoms with Gasteiger partial charge in [-0.2, -0.15) is 0 Å². The molecule has 4 rings (SSSR count). The van der Waals surface area contributed by atoms with Gasteiger partial charge in [0.15, 0.2) is 0 Å². The van der Waals surface area contributed by atoms with Gasteiger partial charge in [-0.15, -0.1) is 0 Å². The summed E-state index contributed by atoms with van der Waals surface area (Å²) in [4.78, 5) is 15.1. The number of hydrogen-bond acceptors (Lipinski definition) is 7. The van der Waals surface area contributed by atoms with E-state index in [0.717, 1.165) is 37.5 Å². The number of nitrogens with one attached hydrogen (secondary N) is 2. The predicted octanol–water partition coefficient (Wildman–Crippen LogP) is 1.85. The Morgan fingerprint density at radius 3 is 2.52 bits per heavy atom. The number of rotatable bonds is 9. The Morgan fingerprint density at radius 1 is 1.12 bits per heavy atom. The van der Waals surface area contributed by atoms with Gasteiger partial charge in [-0.05, 0) is 56.2 Å². The van der Waals surface area contributed by atoms with Crippen LogP contribution in [0.3, 0.4) is 0 Å². The Hall–Kier alpha value is -2.24. The summed E-state index contributed by atoms with van der Waals surface area (Å²) in [5.74, 6) is 1.35. The lowest BCUT2D eigenvalue weighted by atomic mass is 10.1. The third-order valence-corrected chi connectivity index (χ3v) is 7.42. The molecule has 0 saturated carbocycles. The molecule has 3 heterocycles. The highest BCUT2D eigenvalue weighted by Gasteiger charge is 2.26. The lowest BCUT2D eigenvalue weighted by Gasteiger charge is -2.33. The number of carbonyl (C=O) groups is 1. The molecular formula is C23H31N3O6S. The van der Waals surface area contributed by atoms with Gasteiger partial charge in [-0.25, -0.2) is 13.1 Å². The zero-order chi connectivity index (χ0) is 23.3. The average Bonchev–Trinajstić information content (AvgIpc) is 3.51. The summed E-state index contributed by atoms with van der Waals surface area (Å²) in [6.07, 6.45) is 1.72. The third-order valence-electron chi connectivity index (χ3n) is 5.98. The first kappa shape index (κ1) is 23.9. The van der Waals surface area contributed by atoms with Crippen molar-refractivity contribution in [3.8, 4) is 0 Å². The van der Waals surface area contributed by atoms with Crippen molar-refractivity contribution < 1.29 is 27.1 Å². The number of sulfonamides is 1. The first-order chi connectivity index (χ1) is 15.9. The number of carbonyl (C=O) groups excluding carboxylic acids is 1. The molecule has 1 aromatic carbocycles. The number of aryl methyl sites for hydroxylation is 1. The number of benzene rings is 1. The monoisotopic (exact) mass is 477 g/mol. The van der Waals surface area contributed by atoms with Gasteiger partial charge in [-0.3, -0.25) is 9.69 Å². The normalized spacial score (nSPS) is 20.6. The molecule has 0 radical (unpaired) electrons. The Labute approximate surface area is 194 Å². The molecule has 2 N–H and O–H groups in total. The first-order valence-electron chi connectivity index (χ1n) is 11.3. The molecule has 1 amide bonds. The second-order valence-electron chi connectivity index (χ2n) is 8.33. The van der Waals surface area contributed by atoms with Gasteiger partial charge in [0.1, 0.15) is 11.5 Å². The van der Waals surface area contributed by atoms with Crippen molar-refractivity contribution >= 4 is 15.9 Å². The van der Waals surface area contributed by atoms with Gasteiger partial charge in [0.25, 0.3) is 5.91 Å². The van der Waals surface area contributed by atoms with E-state index < -0.39 is 10.0 Å². The number of nitrogens with zero attached hydrogens (tertiary/aromatic N) is 1. The quantitative estimate of drug-likeness (QED) is 0.567. The highest BCUT2D eigenvalue weighted by molar-refractivity contribution is 7.89. The van der Waals surface area contributed by atoms with Crippen molar-refractivity contribution in [1.82, 2.24) is 14.9 Å². The van der Waals surface area contributed by atoms with Crippen LogP contribution in [0.2, 0.25) is 0 Å². The van der Waals surface area contributed by atoms with E-state index in [4.69, 9.17) is 13.9 Å². The minimum Gasteiger partial charge on any atom is -0.465 e. The van der Waals surface area contributed by atoms with E-state index in [1.54, 1.807) is 0 Å². The largest absolute Gasteiger partial charge is 0.465 e. The van der Waals surface area contributed by atoms with Crippen LogP contribution in [0.1, 0.15) is 40.8 Å². The van der Waals surface area contributed by atoms with Crippen molar-refractivity contribution in [3.63, 3.8) is 0 Å². The van der Waals surface area contributed by atoms with Gasteiger partial charge in [0.2, 0.25) is 10.0 Å². The van der Waals surface area contributed by atoms with Gasteiger partial charge >= 0.3 is 0 Å². The van der Waals surface area contributed by atoms with Crippen molar-refractivity contribution in [2.24, 2.45) is 0 Å². The maximum atomic E-state index is 12.8. The molecule has 9 nitrogen and oxygen atoms in total. The van der Waals surface area contributed by atoms with Gasteiger partial charge < -0.3 is 19.2 Å². The zero-order valence-corrected chi connectivity index (χ0v) is 19.6. The second-order valence-corrected chi connectivity index (χ2v) is 10.1. The second kappa shape index (κ2) is 10.8. The van der Waals surface area contributed by atoms with Crippen molar-refractivity contribution in [2.75, 3.05) is 46.0 Å². The molecule has 2 atom stereocenters. The molecule has 0 bridgehead atoms. The summed E-state index contributed by atoms with van der Waals surface area (Å²) in [5.41, 5.74) is 0.393. The Kier molecular flexibility index (Phi) is 7.82. The standard InChI is InChI=1S/C23H31N3O6S/c1-17-4-9-22(32-17)21(26-10-13-30-14-11-26)16-24-23(27)18-5-7-20(8-6-18)33(28,29)25-15-19-3-2-12-31-19/h4-9,19,21,25H,2-3,10-16H2,1H3,(H,24,27)/t19-,21-/m1/s1. The predicted molar refractivity (Wildman–Crippen MR) is 122 cm³/mol. The Bertz CT molecular complexity index is 1020. The first-order valence-corrected chi connectivity index (χ1v) is 12.8. The van der Waals surface area contributed by atoms with Crippen LogP contribution in [0.5, 0.6) is 0 Å². The number of furan rings is 1. The third kappa shape index (κ3) is 6.21. The van der Waals surface area contributed by atoms with Crippen LogP contribution < -0.4 is 10.0 Å². The van der Waals surface area contributed by atoms with Crippen LogP contribution in [-0.2, 0) is 19.5 Å². The summed E-state index contributed by atoms with van der Waals surface area (Å²) in [6.45, 7) is 5.97. The molecule has 0 aliphatic carbocycles. The number of hydrogen-bond donors (Lipinski definition) is 2. The topological polar surface area (TPSA) is 110 Å². The van der Waals surface area contributed by atoms with E-state index in [9.17, 15) is 13.2 Å². The number of ether oxygens (including phenoxy) is 2. The van der Waals surface area contributed by atoms with E-state index in [-0.39, 0.29) is 29.5 Å². The number of morpholine rings is 1. The molecular weight excluding hydrogens is 446 g/mol. The van der Waals surface area contributed by atoms with Crippen LogP contribution in [0.15, 0.2) is 45.7 Å². The van der Waals surface area contributed by atoms with Gasteiger partial charge in [0, 0.05) is 38.3 Å². The van der Waals surface area contributed by atoms with Crippen molar-refractivity contribution in [1.29, 1.82) is 0 Å². The molecule has 10 heteroatoms. The fraction of sp³-hybridized carbons (Fsp3) is 0.522. The van der Waals surface area contributed by atoms with Crippen LogP contribution in [-0.4, -0.2) is 71.3 Å². The van der Waals surface area contributed by atoms with E-state index in [2.05, 4.69) is 14.9 Å². The zero-order valence-electron chi connectivity index (χ0n) is 18.8. The fourth-order valence-electron chi connectivity index (χ4n) is 4.10. The minimum atomic E-state index is -3.66. The molecule has 2 aromatic rings. The molecule has 2 aliphatic heterocycles. The summed E-state index contributed by atoms with van der Waals surface area (Å²) in [7, 11) is -3.66. The molecule has 2 aliphatic rings. The lowest BCUT2D eigenvalue weighted by Crippen LogP contribution is -2.43. The fourth-order valence-corrected chi connectivity index (χ4v) is 5.17. The van der Waals surface area contributed by atoms with Crippen LogP contribution >= 0.6 is 0 Å². The molecule has 2 fully saturated rings. The maximum absolute atomic E-state index is 12.8. The SMILES string of the molecule is Cc1ccc([C@@H](CNC(=O)c2ccc(S(=O)(=O)NC[C@H]3CCCO3)cc2)N2CCOCC2)o1. The van der Waals surface area contributed by atoms with Crippen molar-refractivity contribution in [2.45, 2.75) is 36.8 Å². The summed E-state index contributed by atoms with van der Waals surface area (Å²) in [6, 6.07) is 9.69. The Balaban J connectivity index is 1.36. The highest BCUT2D eigenvalue weighted by atomic mass is 32.2. The highest BCUT2D eigenvalue weighted by Crippen LogP contribution is 2.23. The van der Waals surface area contributed by atoms with Gasteiger partial charge in [-0.1, -0.05) is 0 Å². The molecule has 33 heavy (non-hydrogen) atoms. The average molecular weight is 478 g/mol. The molecule has 180 valence electrons. The van der Waals surface area contributed by atoms with E-state index in [0.29, 0.717) is 31.9 Å². The van der Waals surface area contributed by atoms with E-state index >= 15 is 0 Å². The summed E-state index contributed by atoms with van der Waals surface area (Å²) in [5, 5.41) is 2.96. The van der Waals surface area contributed by atoms with E-state index in [1.807, 2.05) is 19.1 Å². The van der Waals surface area contributed by atoms with Crippen LogP contribution in [0, 0.1) is 6.92 Å². The number of amides is 1. The summed E-state index contributed by atoms with van der Waals surface area (Å²) < 4.78 is 44.4. The van der Waals surface area contributed by atoms with Crippen molar-refractivity contribution in [3.05, 3.63) is 53.5 Å². The smallest absolute Gasteiger partial charge is 0.251 e. The van der Waals surface area contributed by atoms with Gasteiger partial charge in [0.05, 0.1) is 30.3 Å². The molecule has 0 unspecified atom stereocenters. The van der Waals surface area contributed by atoms with Crippen LogP contribution in [0.25, 0.3) is 0 Å². The molecule has 0 spiro atoms. The minimum absolute atomic E-state index is 0.0813. The molecule has 1 aromatic heterocycles. The maximum Gasteiger partial charge on any atom is 0.251 e.